The maximum atomic E-state index is 6.32. The van der Waals surface area contributed by atoms with E-state index < -0.39 is 0 Å². The van der Waals surface area contributed by atoms with E-state index in [1.54, 1.807) is 0 Å². The van der Waals surface area contributed by atoms with Gasteiger partial charge in [0, 0.05) is 6.04 Å². The second-order valence-electron chi connectivity index (χ2n) is 5.82. The van der Waals surface area contributed by atoms with Gasteiger partial charge in [-0.15, -0.1) is 0 Å². The summed E-state index contributed by atoms with van der Waals surface area (Å²) in [4.78, 5) is 0. The quantitative estimate of drug-likeness (QED) is 0.556. The molecule has 0 radical (unpaired) electrons. The predicted octanol–water partition coefficient (Wildman–Crippen LogP) is 5.46. The van der Waals surface area contributed by atoms with Crippen molar-refractivity contribution >= 4 is 0 Å². The van der Waals surface area contributed by atoms with Crippen LogP contribution in [0.25, 0.3) is 0 Å². The molecule has 2 unspecified atom stereocenters. The smallest absolute Gasteiger partial charge is 0.0320 e. The van der Waals surface area contributed by atoms with E-state index in [0.29, 0.717) is 5.92 Å². The molecule has 0 amide bonds. The fourth-order valence-electron chi connectivity index (χ4n) is 2.61. The molecule has 0 aliphatic rings. The third-order valence-electron chi connectivity index (χ3n) is 4.06. The molecular weight excluding hydrogens is 230 g/mol. The first kappa shape index (κ1) is 16.2. The van der Waals surface area contributed by atoms with Crippen LogP contribution in [0, 0.1) is 5.92 Å². The van der Waals surface area contributed by atoms with Gasteiger partial charge in [0.25, 0.3) is 0 Å². The molecule has 2 N–H and O–H groups in total. The van der Waals surface area contributed by atoms with Crippen LogP contribution in [0.15, 0.2) is 30.3 Å². The first-order valence-electron chi connectivity index (χ1n) is 8.06. The SMILES string of the molecule is CCCCCCCCCC(C)C(N)c1ccccc1. The van der Waals surface area contributed by atoms with Gasteiger partial charge in [0.15, 0.2) is 0 Å². The summed E-state index contributed by atoms with van der Waals surface area (Å²) in [7, 11) is 0. The van der Waals surface area contributed by atoms with Crippen LogP contribution in [0.3, 0.4) is 0 Å². The van der Waals surface area contributed by atoms with Crippen molar-refractivity contribution in [2.45, 2.75) is 71.3 Å². The lowest BCUT2D eigenvalue weighted by molar-refractivity contribution is 0.413. The molecule has 0 aliphatic heterocycles. The summed E-state index contributed by atoms with van der Waals surface area (Å²) in [5.74, 6) is 0.582. The molecule has 1 aromatic carbocycles. The first-order chi connectivity index (χ1) is 9.25. The second kappa shape index (κ2) is 10.0. The topological polar surface area (TPSA) is 26.0 Å². The molecule has 2 atom stereocenters. The zero-order valence-corrected chi connectivity index (χ0v) is 12.8. The minimum absolute atomic E-state index is 0.196. The van der Waals surface area contributed by atoms with Crippen LogP contribution in [0.1, 0.15) is 76.8 Å². The highest BCUT2D eigenvalue weighted by atomic mass is 14.6. The molecule has 1 aromatic rings. The monoisotopic (exact) mass is 261 g/mol. The fourth-order valence-corrected chi connectivity index (χ4v) is 2.61. The van der Waals surface area contributed by atoms with Crippen LogP contribution in [-0.2, 0) is 0 Å². The molecule has 19 heavy (non-hydrogen) atoms. The Morgan fingerprint density at radius 3 is 2.11 bits per heavy atom. The number of benzene rings is 1. The lowest BCUT2D eigenvalue weighted by Crippen LogP contribution is -2.18. The van der Waals surface area contributed by atoms with Crippen molar-refractivity contribution < 1.29 is 0 Å². The van der Waals surface area contributed by atoms with Crippen molar-refractivity contribution in [3.05, 3.63) is 35.9 Å². The van der Waals surface area contributed by atoms with Gasteiger partial charge in [0.2, 0.25) is 0 Å². The molecule has 0 heterocycles. The highest BCUT2D eigenvalue weighted by Gasteiger charge is 2.13. The van der Waals surface area contributed by atoms with E-state index in [-0.39, 0.29) is 6.04 Å². The van der Waals surface area contributed by atoms with E-state index in [1.807, 2.05) is 0 Å². The van der Waals surface area contributed by atoms with Crippen LogP contribution in [0.4, 0.5) is 0 Å². The molecular formula is C18H31N. The predicted molar refractivity (Wildman–Crippen MR) is 85.1 cm³/mol. The number of rotatable bonds is 10. The van der Waals surface area contributed by atoms with Gasteiger partial charge in [-0.2, -0.15) is 0 Å². The third kappa shape index (κ3) is 6.77. The molecule has 1 rings (SSSR count). The molecule has 1 heteroatoms. The fraction of sp³-hybridized carbons (Fsp3) is 0.667. The summed E-state index contributed by atoms with van der Waals surface area (Å²) in [5, 5.41) is 0. The highest BCUT2D eigenvalue weighted by molar-refractivity contribution is 5.18. The van der Waals surface area contributed by atoms with Crippen LogP contribution < -0.4 is 5.73 Å². The molecule has 0 spiro atoms. The van der Waals surface area contributed by atoms with Gasteiger partial charge >= 0.3 is 0 Å². The average molecular weight is 261 g/mol. The van der Waals surface area contributed by atoms with E-state index in [0.717, 1.165) is 0 Å². The second-order valence-corrected chi connectivity index (χ2v) is 5.82. The Labute approximate surface area is 119 Å². The normalized spacial score (nSPS) is 14.3. The van der Waals surface area contributed by atoms with Crippen LogP contribution in [0.5, 0.6) is 0 Å². The van der Waals surface area contributed by atoms with E-state index in [2.05, 4.69) is 44.2 Å². The van der Waals surface area contributed by atoms with Gasteiger partial charge < -0.3 is 5.73 Å². The minimum Gasteiger partial charge on any atom is -0.324 e. The lowest BCUT2D eigenvalue weighted by atomic mass is 9.90. The lowest BCUT2D eigenvalue weighted by Gasteiger charge is -2.20. The summed E-state index contributed by atoms with van der Waals surface area (Å²) in [6.45, 7) is 4.56. The Kier molecular flexibility index (Phi) is 8.57. The molecule has 0 aromatic heterocycles. The zero-order valence-electron chi connectivity index (χ0n) is 12.8. The van der Waals surface area contributed by atoms with Crippen molar-refractivity contribution in [2.75, 3.05) is 0 Å². The van der Waals surface area contributed by atoms with Gasteiger partial charge in [0.05, 0.1) is 0 Å². The summed E-state index contributed by atoms with van der Waals surface area (Å²) < 4.78 is 0. The molecule has 0 saturated carbocycles. The highest BCUT2D eigenvalue weighted by Crippen LogP contribution is 2.24. The van der Waals surface area contributed by atoms with Gasteiger partial charge in [-0.25, -0.2) is 0 Å². The Morgan fingerprint density at radius 2 is 1.47 bits per heavy atom. The van der Waals surface area contributed by atoms with Gasteiger partial charge in [0.1, 0.15) is 0 Å². The van der Waals surface area contributed by atoms with Crippen molar-refractivity contribution in [2.24, 2.45) is 11.7 Å². The number of nitrogens with two attached hydrogens (primary N) is 1. The minimum atomic E-state index is 0.196. The standard InChI is InChI=1S/C18H31N/c1-3-4-5-6-7-8-10-13-16(2)18(19)17-14-11-9-12-15-17/h9,11-12,14-16,18H,3-8,10,13,19H2,1-2H3. The molecule has 1 nitrogen and oxygen atoms in total. The number of hydrogen-bond acceptors (Lipinski definition) is 1. The third-order valence-corrected chi connectivity index (χ3v) is 4.06. The number of hydrogen-bond donors (Lipinski definition) is 1. The van der Waals surface area contributed by atoms with Crippen molar-refractivity contribution in [3.8, 4) is 0 Å². The van der Waals surface area contributed by atoms with E-state index in [1.165, 1.54) is 56.9 Å². The summed E-state index contributed by atoms with van der Waals surface area (Å²) >= 11 is 0. The molecule has 0 aliphatic carbocycles. The molecule has 0 fully saturated rings. The van der Waals surface area contributed by atoms with E-state index in [9.17, 15) is 0 Å². The molecule has 0 bridgehead atoms. The summed E-state index contributed by atoms with van der Waals surface area (Å²) in [6, 6.07) is 10.7. The van der Waals surface area contributed by atoms with Crippen molar-refractivity contribution in [3.63, 3.8) is 0 Å². The van der Waals surface area contributed by atoms with E-state index >= 15 is 0 Å². The van der Waals surface area contributed by atoms with Crippen molar-refractivity contribution in [1.29, 1.82) is 0 Å². The maximum absolute atomic E-state index is 6.32. The Bertz CT molecular complexity index is 307. The van der Waals surface area contributed by atoms with Crippen LogP contribution in [-0.4, -0.2) is 0 Å². The number of unbranched alkanes of at least 4 members (excludes halogenated alkanes) is 6. The first-order valence-corrected chi connectivity index (χ1v) is 8.06. The Balaban J connectivity index is 2.12. The van der Waals surface area contributed by atoms with Gasteiger partial charge in [-0.3, -0.25) is 0 Å². The molecule has 108 valence electrons. The van der Waals surface area contributed by atoms with E-state index in [4.69, 9.17) is 5.73 Å². The average Bonchev–Trinajstić information content (AvgIpc) is 2.46. The van der Waals surface area contributed by atoms with Gasteiger partial charge in [-0.1, -0.05) is 89.1 Å². The Morgan fingerprint density at radius 1 is 0.895 bits per heavy atom. The largest absolute Gasteiger partial charge is 0.324 e. The Hall–Kier alpha value is -0.820. The summed E-state index contributed by atoms with van der Waals surface area (Å²) in [6.07, 6.45) is 10.9. The zero-order chi connectivity index (χ0) is 13.9. The van der Waals surface area contributed by atoms with Gasteiger partial charge in [-0.05, 0) is 17.9 Å². The van der Waals surface area contributed by atoms with Crippen molar-refractivity contribution in [1.82, 2.24) is 0 Å². The maximum Gasteiger partial charge on any atom is 0.0320 e. The summed E-state index contributed by atoms with van der Waals surface area (Å²) in [5.41, 5.74) is 7.59. The van der Waals surface area contributed by atoms with Crippen LogP contribution in [0.2, 0.25) is 0 Å². The molecule has 0 saturated heterocycles. The van der Waals surface area contributed by atoms with Crippen LogP contribution >= 0.6 is 0 Å².